The molecule has 66 valence electrons. The van der Waals surface area contributed by atoms with E-state index in [-0.39, 0.29) is 0 Å². The van der Waals surface area contributed by atoms with Gasteiger partial charge in [-0.3, -0.25) is 4.98 Å². The standard InChI is InChI=1S/C10H14BrN/c1-8(9(2)11)7-10-3-5-12-6-4-10/h3-6,8-9H,7H2,1-2H3. The largest absolute Gasteiger partial charge is 0.265 e. The molecule has 2 heteroatoms. The molecule has 0 radical (unpaired) electrons. The van der Waals surface area contributed by atoms with Crippen LogP contribution in [0.5, 0.6) is 0 Å². The number of rotatable bonds is 3. The zero-order valence-corrected chi connectivity index (χ0v) is 9.08. The maximum absolute atomic E-state index is 3.99. The third kappa shape index (κ3) is 2.94. The van der Waals surface area contributed by atoms with Crippen LogP contribution in [0.15, 0.2) is 24.5 Å². The molecule has 1 aromatic rings. The lowest BCUT2D eigenvalue weighted by Gasteiger charge is -2.13. The van der Waals surface area contributed by atoms with E-state index in [1.165, 1.54) is 5.56 Å². The summed E-state index contributed by atoms with van der Waals surface area (Å²) in [5.74, 6) is 0.674. The van der Waals surface area contributed by atoms with Crippen molar-refractivity contribution >= 4 is 15.9 Å². The van der Waals surface area contributed by atoms with Crippen molar-refractivity contribution in [1.82, 2.24) is 4.98 Å². The Balaban J connectivity index is 2.53. The van der Waals surface area contributed by atoms with Gasteiger partial charge in [-0.15, -0.1) is 0 Å². The number of hydrogen-bond acceptors (Lipinski definition) is 1. The summed E-state index contributed by atoms with van der Waals surface area (Å²) in [5.41, 5.74) is 1.36. The number of hydrogen-bond donors (Lipinski definition) is 0. The zero-order valence-electron chi connectivity index (χ0n) is 7.50. The fourth-order valence-electron chi connectivity index (χ4n) is 1.05. The van der Waals surface area contributed by atoms with Crippen LogP contribution in [0, 0.1) is 5.92 Å². The molecule has 1 rings (SSSR count). The Morgan fingerprint density at radius 3 is 2.42 bits per heavy atom. The van der Waals surface area contributed by atoms with Crippen LogP contribution in [0.25, 0.3) is 0 Å². The molecule has 1 nitrogen and oxygen atoms in total. The lowest BCUT2D eigenvalue weighted by molar-refractivity contribution is 0.581. The summed E-state index contributed by atoms with van der Waals surface area (Å²) in [6.45, 7) is 4.44. The fourth-order valence-corrected chi connectivity index (χ4v) is 1.24. The highest BCUT2D eigenvalue weighted by molar-refractivity contribution is 9.09. The molecule has 0 aliphatic carbocycles. The highest BCUT2D eigenvalue weighted by Crippen LogP contribution is 2.16. The molecule has 0 saturated heterocycles. The van der Waals surface area contributed by atoms with Gasteiger partial charge in [0.1, 0.15) is 0 Å². The molecule has 0 aliphatic rings. The van der Waals surface area contributed by atoms with E-state index in [4.69, 9.17) is 0 Å². The number of pyridine rings is 1. The SMILES string of the molecule is CC(Br)C(C)Cc1ccncc1. The predicted octanol–water partition coefficient (Wildman–Crippen LogP) is 3.04. The van der Waals surface area contributed by atoms with Crippen molar-refractivity contribution in [3.63, 3.8) is 0 Å². The second-order valence-corrected chi connectivity index (χ2v) is 4.66. The second-order valence-electron chi connectivity index (χ2n) is 3.21. The van der Waals surface area contributed by atoms with Crippen LogP contribution in [0.1, 0.15) is 19.4 Å². The summed E-state index contributed by atoms with van der Waals surface area (Å²) in [4.78, 5) is 4.56. The van der Waals surface area contributed by atoms with Crippen molar-refractivity contribution in [2.24, 2.45) is 5.92 Å². The van der Waals surface area contributed by atoms with Gasteiger partial charge < -0.3 is 0 Å². The third-order valence-electron chi connectivity index (χ3n) is 2.09. The molecular formula is C10H14BrN. The first-order valence-corrected chi connectivity index (χ1v) is 5.14. The maximum Gasteiger partial charge on any atom is 0.0270 e. The number of alkyl halides is 1. The van der Waals surface area contributed by atoms with Crippen molar-refractivity contribution in [2.75, 3.05) is 0 Å². The zero-order chi connectivity index (χ0) is 8.97. The number of aromatic nitrogens is 1. The van der Waals surface area contributed by atoms with Gasteiger partial charge in [-0.1, -0.05) is 29.8 Å². The Labute approximate surface area is 82.3 Å². The van der Waals surface area contributed by atoms with Crippen LogP contribution < -0.4 is 0 Å². The second kappa shape index (κ2) is 4.61. The first-order valence-electron chi connectivity index (χ1n) is 4.23. The van der Waals surface area contributed by atoms with Crippen LogP contribution in [0.2, 0.25) is 0 Å². The van der Waals surface area contributed by atoms with Gasteiger partial charge in [0.2, 0.25) is 0 Å². The highest BCUT2D eigenvalue weighted by Gasteiger charge is 2.08. The van der Waals surface area contributed by atoms with Crippen molar-refractivity contribution in [3.05, 3.63) is 30.1 Å². The Morgan fingerprint density at radius 1 is 1.33 bits per heavy atom. The van der Waals surface area contributed by atoms with Gasteiger partial charge >= 0.3 is 0 Å². The molecule has 0 amide bonds. The van der Waals surface area contributed by atoms with E-state index in [0.29, 0.717) is 10.7 Å². The molecule has 0 saturated carbocycles. The first kappa shape index (κ1) is 9.72. The normalized spacial score (nSPS) is 15.6. The summed E-state index contributed by atoms with van der Waals surface area (Å²) in [6, 6.07) is 4.15. The van der Waals surface area contributed by atoms with Crippen molar-refractivity contribution in [3.8, 4) is 0 Å². The van der Waals surface area contributed by atoms with Crippen LogP contribution in [0.4, 0.5) is 0 Å². The maximum atomic E-state index is 3.99. The van der Waals surface area contributed by atoms with Crippen molar-refractivity contribution < 1.29 is 0 Å². The quantitative estimate of drug-likeness (QED) is 0.724. The molecule has 2 atom stereocenters. The molecule has 2 unspecified atom stereocenters. The minimum atomic E-state index is 0.575. The summed E-state index contributed by atoms with van der Waals surface area (Å²) in [5, 5.41) is 0. The molecule has 0 aliphatic heterocycles. The van der Waals surface area contributed by atoms with Gasteiger partial charge in [0.05, 0.1) is 0 Å². The molecule has 0 fully saturated rings. The van der Waals surface area contributed by atoms with Gasteiger partial charge in [-0.2, -0.15) is 0 Å². The minimum absolute atomic E-state index is 0.575. The Morgan fingerprint density at radius 2 is 1.92 bits per heavy atom. The van der Waals surface area contributed by atoms with Gasteiger partial charge in [-0.05, 0) is 30.0 Å². The van der Waals surface area contributed by atoms with Crippen LogP contribution in [0.3, 0.4) is 0 Å². The van der Waals surface area contributed by atoms with E-state index in [1.54, 1.807) is 0 Å². The minimum Gasteiger partial charge on any atom is -0.265 e. The topological polar surface area (TPSA) is 12.9 Å². The van der Waals surface area contributed by atoms with Crippen molar-refractivity contribution in [1.29, 1.82) is 0 Å². The lowest BCUT2D eigenvalue weighted by Crippen LogP contribution is -2.09. The number of nitrogens with zero attached hydrogens (tertiary/aromatic N) is 1. The average Bonchev–Trinajstić information content (AvgIpc) is 2.06. The van der Waals surface area contributed by atoms with E-state index in [0.717, 1.165) is 6.42 Å². The molecule has 1 heterocycles. The van der Waals surface area contributed by atoms with Gasteiger partial charge in [-0.25, -0.2) is 0 Å². The van der Waals surface area contributed by atoms with Gasteiger partial charge in [0, 0.05) is 17.2 Å². The summed E-state index contributed by atoms with van der Waals surface area (Å²) < 4.78 is 0. The molecule has 0 bridgehead atoms. The highest BCUT2D eigenvalue weighted by atomic mass is 79.9. The Hall–Kier alpha value is -0.370. The van der Waals surface area contributed by atoms with Crippen molar-refractivity contribution in [2.45, 2.75) is 25.1 Å². The number of halogens is 1. The summed E-state index contributed by atoms with van der Waals surface area (Å²) >= 11 is 3.58. The van der Waals surface area contributed by atoms with E-state index in [2.05, 4.69) is 46.9 Å². The van der Waals surface area contributed by atoms with Crippen LogP contribution in [-0.2, 0) is 6.42 Å². The average molecular weight is 228 g/mol. The Bertz CT molecular complexity index is 221. The molecule has 0 N–H and O–H groups in total. The molecule has 12 heavy (non-hydrogen) atoms. The van der Waals surface area contributed by atoms with Gasteiger partial charge in [0.15, 0.2) is 0 Å². The van der Waals surface area contributed by atoms with E-state index < -0.39 is 0 Å². The van der Waals surface area contributed by atoms with Gasteiger partial charge in [0.25, 0.3) is 0 Å². The Kier molecular flexibility index (Phi) is 3.73. The van der Waals surface area contributed by atoms with E-state index in [1.807, 2.05) is 12.4 Å². The smallest absolute Gasteiger partial charge is 0.0270 e. The molecule has 0 spiro atoms. The first-order chi connectivity index (χ1) is 5.70. The van der Waals surface area contributed by atoms with Crippen LogP contribution >= 0.6 is 15.9 Å². The fraction of sp³-hybridized carbons (Fsp3) is 0.500. The molecule has 0 aromatic carbocycles. The monoisotopic (exact) mass is 227 g/mol. The predicted molar refractivity (Wildman–Crippen MR) is 55.5 cm³/mol. The third-order valence-corrected chi connectivity index (χ3v) is 2.99. The molecule has 1 aromatic heterocycles. The van der Waals surface area contributed by atoms with E-state index in [9.17, 15) is 0 Å². The summed E-state index contributed by atoms with van der Waals surface area (Å²) in [7, 11) is 0. The lowest BCUT2D eigenvalue weighted by atomic mass is 10.00. The van der Waals surface area contributed by atoms with E-state index >= 15 is 0 Å². The molecular weight excluding hydrogens is 214 g/mol. The summed E-state index contributed by atoms with van der Waals surface area (Å²) in [6.07, 6.45) is 4.82. The van der Waals surface area contributed by atoms with Crippen LogP contribution in [-0.4, -0.2) is 9.81 Å².